The maximum absolute atomic E-state index is 10.8. The zero-order chi connectivity index (χ0) is 8.61. The number of aliphatic carboxylic acids is 1. The molecule has 0 radical (unpaired) electrons. The molecule has 3 aliphatic rings. The smallest absolute Gasteiger partial charge is 0.324 e. The molecule has 3 saturated carbocycles. The van der Waals surface area contributed by atoms with E-state index in [1.807, 2.05) is 0 Å². The summed E-state index contributed by atoms with van der Waals surface area (Å²) in [5.41, 5.74) is 5.41. The van der Waals surface area contributed by atoms with E-state index < -0.39 is 11.5 Å². The second-order valence-electron chi connectivity index (χ2n) is 4.85. The predicted molar refractivity (Wildman–Crippen MR) is 42.5 cm³/mol. The van der Waals surface area contributed by atoms with Crippen molar-refractivity contribution in [1.29, 1.82) is 0 Å². The van der Waals surface area contributed by atoms with Crippen LogP contribution < -0.4 is 5.73 Å². The van der Waals surface area contributed by atoms with Crippen molar-refractivity contribution >= 4 is 5.97 Å². The molecule has 3 aliphatic carbocycles. The second kappa shape index (κ2) is 1.43. The van der Waals surface area contributed by atoms with Crippen LogP contribution in [0, 0.1) is 10.8 Å². The zero-order valence-corrected chi connectivity index (χ0v) is 6.97. The Kier molecular flexibility index (Phi) is 0.824. The van der Waals surface area contributed by atoms with Crippen molar-refractivity contribution in [2.75, 3.05) is 0 Å². The van der Waals surface area contributed by atoms with E-state index in [-0.39, 0.29) is 5.41 Å². The number of hydrogen-bond donors (Lipinski definition) is 2. The Morgan fingerprint density at radius 3 is 2.25 bits per heavy atom. The van der Waals surface area contributed by atoms with Crippen molar-refractivity contribution in [2.24, 2.45) is 16.6 Å². The summed E-state index contributed by atoms with van der Waals surface area (Å²) in [4.78, 5) is 10.8. The van der Waals surface area contributed by atoms with Gasteiger partial charge in [0, 0.05) is 5.41 Å². The fourth-order valence-corrected chi connectivity index (χ4v) is 3.39. The second-order valence-corrected chi connectivity index (χ2v) is 4.85. The third-order valence-electron chi connectivity index (χ3n) is 4.53. The summed E-state index contributed by atoms with van der Waals surface area (Å²) in [6.07, 6.45) is 5.54. The van der Waals surface area contributed by atoms with Gasteiger partial charge in [-0.2, -0.15) is 0 Å². The Morgan fingerprint density at radius 1 is 1.33 bits per heavy atom. The van der Waals surface area contributed by atoms with Crippen LogP contribution in [0.3, 0.4) is 0 Å². The van der Waals surface area contributed by atoms with E-state index >= 15 is 0 Å². The zero-order valence-electron chi connectivity index (χ0n) is 6.97. The third kappa shape index (κ3) is 0.431. The van der Waals surface area contributed by atoms with Gasteiger partial charge in [0.05, 0.1) is 0 Å². The third-order valence-corrected chi connectivity index (χ3v) is 4.53. The molecule has 2 unspecified atom stereocenters. The highest BCUT2D eigenvalue weighted by Crippen LogP contribution is 2.88. The summed E-state index contributed by atoms with van der Waals surface area (Å²) in [7, 11) is 0. The number of nitrogens with two attached hydrogens (primary N) is 1. The molecule has 66 valence electrons. The SMILES string of the molecule is NC1(C(=O)O)CC12CC21CCC1. The number of carbonyl (C=O) groups is 1. The molecule has 3 heteroatoms. The number of carboxylic acid groups (broad SMARTS) is 1. The molecule has 0 aromatic rings. The number of rotatable bonds is 1. The summed E-state index contributed by atoms with van der Waals surface area (Å²) < 4.78 is 0. The average Bonchev–Trinajstić information content (AvgIpc) is 2.71. The minimum absolute atomic E-state index is 0.0457. The van der Waals surface area contributed by atoms with Gasteiger partial charge in [-0.25, -0.2) is 0 Å². The molecule has 0 aromatic carbocycles. The van der Waals surface area contributed by atoms with Crippen LogP contribution in [0.2, 0.25) is 0 Å². The number of fused-ring (bicyclic) bond motifs is 1. The quantitative estimate of drug-likeness (QED) is 0.605. The van der Waals surface area contributed by atoms with Gasteiger partial charge in [0.2, 0.25) is 0 Å². The Balaban J connectivity index is 1.88. The molecule has 3 rings (SSSR count). The molecule has 2 spiro atoms. The molecular formula is C9H13NO2. The normalized spacial score (nSPS) is 52.1. The van der Waals surface area contributed by atoms with Gasteiger partial charge < -0.3 is 10.8 Å². The molecule has 2 atom stereocenters. The molecule has 3 fully saturated rings. The van der Waals surface area contributed by atoms with Gasteiger partial charge in [-0.15, -0.1) is 0 Å². The van der Waals surface area contributed by atoms with E-state index in [2.05, 4.69) is 0 Å². The fourth-order valence-electron chi connectivity index (χ4n) is 3.39. The summed E-state index contributed by atoms with van der Waals surface area (Å²) in [6, 6.07) is 0. The van der Waals surface area contributed by atoms with Crippen LogP contribution in [0.15, 0.2) is 0 Å². The van der Waals surface area contributed by atoms with E-state index in [4.69, 9.17) is 10.8 Å². The Morgan fingerprint density at radius 2 is 2.00 bits per heavy atom. The molecule has 0 saturated heterocycles. The summed E-state index contributed by atoms with van der Waals surface area (Å²) in [5.74, 6) is -0.786. The molecule has 12 heavy (non-hydrogen) atoms. The van der Waals surface area contributed by atoms with Gasteiger partial charge in [-0.3, -0.25) is 4.79 Å². The molecule has 3 N–H and O–H groups in total. The van der Waals surface area contributed by atoms with Crippen LogP contribution in [-0.4, -0.2) is 16.6 Å². The minimum Gasteiger partial charge on any atom is -0.480 e. The largest absolute Gasteiger partial charge is 0.480 e. The first-order valence-electron chi connectivity index (χ1n) is 4.59. The molecule has 0 aromatic heterocycles. The lowest BCUT2D eigenvalue weighted by molar-refractivity contribution is -0.140. The highest BCUT2D eigenvalue weighted by atomic mass is 16.4. The molecule has 0 bridgehead atoms. The Hall–Kier alpha value is -0.570. The first-order valence-corrected chi connectivity index (χ1v) is 4.59. The van der Waals surface area contributed by atoms with Gasteiger partial charge in [-0.05, 0) is 31.1 Å². The van der Waals surface area contributed by atoms with E-state index in [1.165, 1.54) is 19.3 Å². The molecule has 0 amide bonds. The molecule has 3 nitrogen and oxygen atoms in total. The predicted octanol–water partition coefficient (Wildman–Crippen LogP) is 0.733. The molecular weight excluding hydrogens is 154 g/mol. The highest BCUT2D eigenvalue weighted by molar-refractivity contribution is 5.86. The first-order chi connectivity index (χ1) is 5.56. The van der Waals surface area contributed by atoms with Crippen molar-refractivity contribution in [3.05, 3.63) is 0 Å². The standard InChI is InChI=1S/C9H13NO2/c10-9(6(11)12)5-8(9)4-7(8)2-1-3-7/h1-5,10H2,(H,11,12). The lowest BCUT2D eigenvalue weighted by Crippen LogP contribution is -2.37. The van der Waals surface area contributed by atoms with Crippen molar-refractivity contribution < 1.29 is 9.90 Å². The van der Waals surface area contributed by atoms with Crippen LogP contribution >= 0.6 is 0 Å². The average molecular weight is 167 g/mol. The van der Waals surface area contributed by atoms with Crippen molar-refractivity contribution in [3.8, 4) is 0 Å². The van der Waals surface area contributed by atoms with E-state index in [9.17, 15) is 4.79 Å². The Labute approximate surface area is 70.9 Å². The van der Waals surface area contributed by atoms with Crippen molar-refractivity contribution in [1.82, 2.24) is 0 Å². The molecule has 0 aliphatic heterocycles. The lowest BCUT2D eigenvalue weighted by atomic mass is 9.78. The van der Waals surface area contributed by atoms with E-state index in [0.29, 0.717) is 5.41 Å². The van der Waals surface area contributed by atoms with Gasteiger partial charge in [0.25, 0.3) is 0 Å². The highest BCUT2D eigenvalue weighted by Gasteiger charge is 2.89. The van der Waals surface area contributed by atoms with Crippen LogP contribution in [0.25, 0.3) is 0 Å². The summed E-state index contributed by atoms with van der Waals surface area (Å²) >= 11 is 0. The topological polar surface area (TPSA) is 63.3 Å². The van der Waals surface area contributed by atoms with Gasteiger partial charge in [0.1, 0.15) is 5.54 Å². The fraction of sp³-hybridized carbons (Fsp3) is 0.889. The van der Waals surface area contributed by atoms with Crippen LogP contribution in [0.1, 0.15) is 32.1 Å². The van der Waals surface area contributed by atoms with Crippen molar-refractivity contribution in [3.63, 3.8) is 0 Å². The van der Waals surface area contributed by atoms with Crippen molar-refractivity contribution in [2.45, 2.75) is 37.6 Å². The van der Waals surface area contributed by atoms with Crippen LogP contribution in [-0.2, 0) is 4.79 Å². The van der Waals surface area contributed by atoms with Gasteiger partial charge in [-0.1, -0.05) is 6.42 Å². The van der Waals surface area contributed by atoms with Gasteiger partial charge in [0.15, 0.2) is 0 Å². The number of hydrogen-bond acceptors (Lipinski definition) is 2. The van der Waals surface area contributed by atoms with Crippen LogP contribution in [0.5, 0.6) is 0 Å². The van der Waals surface area contributed by atoms with E-state index in [0.717, 1.165) is 12.8 Å². The van der Waals surface area contributed by atoms with Crippen LogP contribution in [0.4, 0.5) is 0 Å². The summed E-state index contributed by atoms with van der Waals surface area (Å²) in [6.45, 7) is 0. The number of carboxylic acids is 1. The first kappa shape index (κ1) is 6.89. The maximum Gasteiger partial charge on any atom is 0.324 e. The lowest BCUT2D eigenvalue weighted by Gasteiger charge is -2.27. The molecule has 0 heterocycles. The van der Waals surface area contributed by atoms with Gasteiger partial charge >= 0.3 is 5.97 Å². The maximum atomic E-state index is 10.8. The van der Waals surface area contributed by atoms with E-state index in [1.54, 1.807) is 0 Å². The monoisotopic (exact) mass is 167 g/mol. The Bertz CT molecular complexity index is 284. The minimum atomic E-state index is -0.840. The summed E-state index contributed by atoms with van der Waals surface area (Å²) in [5, 5.41) is 8.91.